The first-order valence-corrected chi connectivity index (χ1v) is 4.21. The van der Waals surface area contributed by atoms with Crippen LogP contribution in [0.1, 0.15) is 0 Å². The first kappa shape index (κ1) is 11.0. The van der Waals surface area contributed by atoms with E-state index in [-0.39, 0.29) is 30.3 Å². The first-order chi connectivity index (χ1) is 7.17. The Bertz CT molecular complexity index is 396. The molecule has 0 bridgehead atoms. The van der Waals surface area contributed by atoms with E-state index in [2.05, 4.69) is 15.0 Å². The van der Waals surface area contributed by atoms with Crippen molar-refractivity contribution in [3.05, 3.63) is 5.28 Å². The summed E-state index contributed by atoms with van der Waals surface area (Å²) in [5.41, 5.74) is 5.35. The van der Waals surface area contributed by atoms with E-state index < -0.39 is 0 Å². The van der Waals surface area contributed by atoms with Crippen molar-refractivity contribution in [3.63, 3.8) is 0 Å². The van der Waals surface area contributed by atoms with E-state index >= 15 is 0 Å². The highest BCUT2D eigenvalue weighted by Crippen LogP contribution is 2.11. The number of halogens is 1. The molecule has 0 unspecified atom stereocenters. The average Bonchev–Trinajstić information content (AvgIpc) is 2.16. The third-order valence-corrected chi connectivity index (χ3v) is 1.59. The summed E-state index contributed by atoms with van der Waals surface area (Å²) in [7, 11) is 0. The number of nitrogens with two attached hydrogens (primary N) is 1. The second kappa shape index (κ2) is 4.94. The lowest BCUT2D eigenvalue weighted by Gasteiger charge is -2.14. The van der Waals surface area contributed by atoms with E-state index in [1.54, 1.807) is 0 Å². The van der Waals surface area contributed by atoms with Crippen LogP contribution in [0.15, 0.2) is 0 Å². The van der Waals surface area contributed by atoms with Crippen LogP contribution in [0.5, 0.6) is 0 Å². The van der Waals surface area contributed by atoms with Crippen molar-refractivity contribution >= 4 is 23.5 Å². The van der Waals surface area contributed by atoms with Crippen molar-refractivity contribution in [1.82, 2.24) is 15.0 Å². The number of hydrogen-bond acceptors (Lipinski definition) is 7. The molecule has 1 aromatic rings. The van der Waals surface area contributed by atoms with Gasteiger partial charge >= 0.3 is 0 Å². The van der Waals surface area contributed by atoms with Gasteiger partial charge < -0.3 is 10.6 Å². The average molecular weight is 224 g/mol. The summed E-state index contributed by atoms with van der Waals surface area (Å²) in [5.74, 6) is 0.0708. The van der Waals surface area contributed by atoms with Crippen LogP contribution in [-0.2, 0) is 0 Å². The Balaban J connectivity index is 3.01. The van der Waals surface area contributed by atoms with Crippen LogP contribution in [0.3, 0.4) is 0 Å². The van der Waals surface area contributed by atoms with Gasteiger partial charge in [-0.2, -0.15) is 25.5 Å². The highest BCUT2D eigenvalue weighted by atomic mass is 35.5. The molecule has 0 saturated carbocycles. The molecule has 1 rings (SSSR count). The molecule has 1 heterocycles. The Morgan fingerprint density at radius 2 is 1.80 bits per heavy atom. The van der Waals surface area contributed by atoms with Gasteiger partial charge in [0.1, 0.15) is 13.1 Å². The van der Waals surface area contributed by atoms with E-state index in [4.69, 9.17) is 27.9 Å². The third-order valence-electron chi connectivity index (χ3n) is 1.42. The molecule has 2 N–H and O–H groups in total. The first-order valence-electron chi connectivity index (χ1n) is 3.83. The lowest BCUT2D eigenvalue weighted by molar-refractivity contribution is 0.884. The van der Waals surface area contributed by atoms with Gasteiger partial charge in [0.25, 0.3) is 0 Å². The predicted octanol–water partition coefficient (Wildman–Crippen LogP) is -0.0392. The van der Waals surface area contributed by atoms with Crippen LogP contribution < -0.4 is 10.6 Å². The molecular formula is C7H6ClN7. The number of hydrogen-bond donors (Lipinski definition) is 1. The van der Waals surface area contributed by atoms with E-state index in [1.165, 1.54) is 4.90 Å². The standard InChI is InChI=1S/C7H6ClN7/c8-5-12-6(11)14-7(13-5)15(3-1-9)4-2-10/h3-4H2,(H2,11,12,13,14). The zero-order valence-electron chi connectivity index (χ0n) is 7.55. The number of nitrogen functional groups attached to an aromatic ring is 1. The summed E-state index contributed by atoms with van der Waals surface area (Å²) < 4.78 is 0. The molecule has 0 saturated heterocycles. The summed E-state index contributed by atoms with van der Waals surface area (Å²) in [6.07, 6.45) is 0. The monoisotopic (exact) mass is 223 g/mol. The van der Waals surface area contributed by atoms with Crippen LogP contribution in [0.4, 0.5) is 11.9 Å². The lowest BCUT2D eigenvalue weighted by atomic mass is 10.5. The molecule has 0 radical (unpaired) electrons. The van der Waals surface area contributed by atoms with Gasteiger partial charge in [0.05, 0.1) is 12.1 Å². The van der Waals surface area contributed by atoms with Gasteiger partial charge in [-0.15, -0.1) is 0 Å². The molecule has 0 atom stereocenters. The maximum atomic E-state index is 8.53. The van der Waals surface area contributed by atoms with E-state index in [0.717, 1.165) is 0 Å². The number of anilines is 2. The largest absolute Gasteiger partial charge is 0.368 e. The summed E-state index contributed by atoms with van der Waals surface area (Å²) in [6.45, 7) is -0.0410. The quantitative estimate of drug-likeness (QED) is 0.715. The van der Waals surface area contributed by atoms with Crippen LogP contribution in [0.25, 0.3) is 0 Å². The van der Waals surface area contributed by atoms with Gasteiger partial charge in [-0.05, 0) is 11.6 Å². The molecule has 0 fully saturated rings. The molecule has 7 nitrogen and oxygen atoms in total. The molecule has 0 spiro atoms. The molecule has 0 aliphatic carbocycles. The normalized spacial score (nSPS) is 9.00. The van der Waals surface area contributed by atoms with Crippen LogP contribution >= 0.6 is 11.6 Å². The summed E-state index contributed by atoms with van der Waals surface area (Å²) >= 11 is 5.56. The smallest absolute Gasteiger partial charge is 0.233 e. The molecule has 0 amide bonds. The molecule has 8 heteroatoms. The SMILES string of the molecule is N#CCN(CC#N)c1nc(N)nc(Cl)n1. The summed E-state index contributed by atoms with van der Waals surface area (Å²) in [6, 6.07) is 3.76. The van der Waals surface area contributed by atoms with Crippen LogP contribution in [-0.4, -0.2) is 28.0 Å². The second-order valence-electron chi connectivity index (χ2n) is 2.43. The minimum absolute atomic E-state index is 0.0205. The fourth-order valence-electron chi connectivity index (χ4n) is 0.864. The molecule has 76 valence electrons. The van der Waals surface area contributed by atoms with Crippen molar-refractivity contribution in [2.75, 3.05) is 23.7 Å². The van der Waals surface area contributed by atoms with Crippen molar-refractivity contribution < 1.29 is 0 Å². The minimum atomic E-state index is -0.0709. The Hall–Kier alpha value is -2.12. The van der Waals surface area contributed by atoms with E-state index in [9.17, 15) is 0 Å². The molecule has 0 aliphatic heterocycles. The van der Waals surface area contributed by atoms with Gasteiger partial charge in [0.2, 0.25) is 17.2 Å². The highest BCUT2D eigenvalue weighted by Gasteiger charge is 2.10. The molecule has 0 aromatic carbocycles. The number of nitriles is 2. The Morgan fingerprint density at radius 3 is 2.27 bits per heavy atom. The lowest BCUT2D eigenvalue weighted by Crippen LogP contribution is -2.26. The van der Waals surface area contributed by atoms with E-state index in [0.29, 0.717) is 0 Å². The van der Waals surface area contributed by atoms with Crippen molar-refractivity contribution in [2.24, 2.45) is 0 Å². The van der Waals surface area contributed by atoms with Crippen molar-refractivity contribution in [2.45, 2.75) is 0 Å². The summed E-state index contributed by atoms with van der Waals surface area (Å²) in [5, 5.41) is 17.0. The minimum Gasteiger partial charge on any atom is -0.368 e. The topological polar surface area (TPSA) is 116 Å². The maximum absolute atomic E-state index is 8.53. The zero-order valence-corrected chi connectivity index (χ0v) is 8.31. The van der Waals surface area contributed by atoms with Crippen LogP contribution in [0, 0.1) is 22.7 Å². The van der Waals surface area contributed by atoms with Crippen molar-refractivity contribution in [1.29, 1.82) is 10.5 Å². The second-order valence-corrected chi connectivity index (χ2v) is 2.77. The fraction of sp³-hybridized carbons (Fsp3) is 0.286. The number of aromatic nitrogens is 3. The van der Waals surface area contributed by atoms with Gasteiger partial charge in [0.15, 0.2) is 0 Å². The zero-order chi connectivity index (χ0) is 11.3. The molecule has 1 aromatic heterocycles. The van der Waals surface area contributed by atoms with E-state index in [1.807, 2.05) is 12.1 Å². The number of rotatable bonds is 3. The summed E-state index contributed by atoms with van der Waals surface area (Å²) in [4.78, 5) is 12.4. The predicted molar refractivity (Wildman–Crippen MR) is 52.7 cm³/mol. The Morgan fingerprint density at radius 1 is 1.20 bits per heavy atom. The third kappa shape index (κ3) is 2.93. The Kier molecular flexibility index (Phi) is 3.61. The Labute approximate surface area is 90.7 Å². The van der Waals surface area contributed by atoms with Gasteiger partial charge in [-0.25, -0.2) is 0 Å². The van der Waals surface area contributed by atoms with Crippen LogP contribution in [0.2, 0.25) is 5.28 Å². The highest BCUT2D eigenvalue weighted by molar-refractivity contribution is 6.28. The maximum Gasteiger partial charge on any atom is 0.233 e. The van der Waals surface area contributed by atoms with Gasteiger partial charge in [-0.3, -0.25) is 0 Å². The fourth-order valence-corrected chi connectivity index (χ4v) is 1.03. The van der Waals surface area contributed by atoms with Gasteiger partial charge in [-0.1, -0.05) is 0 Å². The van der Waals surface area contributed by atoms with Gasteiger partial charge in [0, 0.05) is 0 Å². The molecule has 15 heavy (non-hydrogen) atoms. The molecular weight excluding hydrogens is 218 g/mol. The molecule has 0 aliphatic rings. The van der Waals surface area contributed by atoms with Crippen molar-refractivity contribution in [3.8, 4) is 12.1 Å². The number of nitrogens with zero attached hydrogens (tertiary/aromatic N) is 6.